The molecule has 3 nitrogen and oxygen atoms in total. The van der Waals surface area contributed by atoms with E-state index < -0.39 is 5.82 Å². The third kappa shape index (κ3) is 3.02. The molecule has 0 aliphatic carbocycles. The molecule has 3 aromatic rings. The van der Waals surface area contributed by atoms with E-state index in [-0.39, 0.29) is 11.7 Å². The second-order valence-corrected chi connectivity index (χ2v) is 6.31. The van der Waals surface area contributed by atoms with E-state index in [0.717, 1.165) is 5.56 Å². The van der Waals surface area contributed by atoms with Gasteiger partial charge in [0.25, 0.3) is 5.91 Å². The molecule has 6 heteroatoms. The molecule has 0 bridgehead atoms. The van der Waals surface area contributed by atoms with Gasteiger partial charge in [0, 0.05) is 16.3 Å². The number of thiophene rings is 1. The lowest BCUT2D eigenvalue weighted by molar-refractivity contribution is 0.0952. The van der Waals surface area contributed by atoms with Crippen molar-refractivity contribution in [3.05, 3.63) is 63.7 Å². The monoisotopic (exact) mass is 349 g/mol. The van der Waals surface area contributed by atoms with Gasteiger partial charge < -0.3 is 10.1 Å². The van der Waals surface area contributed by atoms with Crippen LogP contribution in [-0.2, 0) is 6.54 Å². The minimum atomic E-state index is -0.402. The zero-order valence-electron chi connectivity index (χ0n) is 12.2. The maximum absolute atomic E-state index is 14.0. The number of hydrogen-bond acceptors (Lipinski definition) is 3. The van der Waals surface area contributed by atoms with Gasteiger partial charge in [0.2, 0.25) is 0 Å². The Morgan fingerprint density at radius 3 is 2.78 bits per heavy atom. The summed E-state index contributed by atoms with van der Waals surface area (Å²) in [6.07, 6.45) is 0. The maximum Gasteiger partial charge on any atom is 0.265 e. The molecule has 2 aromatic carbocycles. The van der Waals surface area contributed by atoms with Gasteiger partial charge in [-0.3, -0.25) is 4.79 Å². The number of carbonyl (C=O) groups excluding carboxylic acids is 1. The number of carbonyl (C=O) groups is 1. The van der Waals surface area contributed by atoms with E-state index in [2.05, 4.69) is 5.32 Å². The molecule has 118 valence electrons. The molecule has 1 amide bonds. The first kappa shape index (κ1) is 15.8. The smallest absolute Gasteiger partial charge is 0.265 e. The lowest BCUT2D eigenvalue weighted by atomic mass is 10.2. The SMILES string of the molecule is COc1c(C(=O)NCc2ccccc2Cl)sc2cccc(F)c12. The number of nitrogens with one attached hydrogen (secondary N) is 1. The molecule has 0 saturated carbocycles. The summed E-state index contributed by atoms with van der Waals surface area (Å²) < 4.78 is 19.9. The first-order valence-electron chi connectivity index (χ1n) is 6.88. The fourth-order valence-electron chi connectivity index (χ4n) is 2.32. The van der Waals surface area contributed by atoms with Crippen molar-refractivity contribution in [1.29, 1.82) is 0 Å². The number of ether oxygens (including phenoxy) is 1. The van der Waals surface area contributed by atoms with E-state index in [9.17, 15) is 9.18 Å². The Hall–Kier alpha value is -2.11. The standard InChI is InChI=1S/C17H13ClFNO2S/c1-22-15-14-12(19)7-4-8-13(14)23-16(15)17(21)20-9-10-5-2-3-6-11(10)18/h2-8H,9H2,1H3,(H,20,21). The highest BCUT2D eigenvalue weighted by Crippen LogP contribution is 2.39. The molecule has 1 aromatic heterocycles. The molecule has 3 rings (SSSR count). The van der Waals surface area contributed by atoms with Crippen LogP contribution in [0.25, 0.3) is 10.1 Å². The molecule has 0 atom stereocenters. The van der Waals surface area contributed by atoms with Crippen molar-refractivity contribution in [3.63, 3.8) is 0 Å². The Kier molecular flexibility index (Phi) is 4.50. The number of benzene rings is 2. The van der Waals surface area contributed by atoms with Gasteiger partial charge >= 0.3 is 0 Å². The normalized spacial score (nSPS) is 10.7. The fraction of sp³-hybridized carbons (Fsp3) is 0.118. The highest BCUT2D eigenvalue weighted by Gasteiger charge is 2.21. The summed E-state index contributed by atoms with van der Waals surface area (Å²) in [5, 5.41) is 3.72. The van der Waals surface area contributed by atoms with Crippen molar-refractivity contribution in [2.75, 3.05) is 7.11 Å². The van der Waals surface area contributed by atoms with E-state index in [0.29, 0.717) is 26.5 Å². The van der Waals surface area contributed by atoms with E-state index in [4.69, 9.17) is 16.3 Å². The van der Waals surface area contributed by atoms with Crippen molar-refractivity contribution in [2.24, 2.45) is 0 Å². The van der Waals surface area contributed by atoms with E-state index in [1.165, 1.54) is 24.5 Å². The Morgan fingerprint density at radius 1 is 1.26 bits per heavy atom. The summed E-state index contributed by atoms with van der Waals surface area (Å²) in [6.45, 7) is 0.290. The van der Waals surface area contributed by atoms with Gasteiger partial charge in [-0.1, -0.05) is 35.9 Å². The molecular formula is C17H13ClFNO2S. The molecule has 0 spiro atoms. The van der Waals surface area contributed by atoms with Crippen LogP contribution in [0.5, 0.6) is 5.75 Å². The van der Waals surface area contributed by atoms with Crippen molar-refractivity contribution in [3.8, 4) is 5.75 Å². The van der Waals surface area contributed by atoms with Gasteiger partial charge in [0.1, 0.15) is 10.7 Å². The van der Waals surface area contributed by atoms with Gasteiger partial charge in [-0.2, -0.15) is 0 Å². The van der Waals surface area contributed by atoms with E-state index in [1.807, 2.05) is 18.2 Å². The highest BCUT2D eigenvalue weighted by atomic mass is 35.5. The summed E-state index contributed by atoms with van der Waals surface area (Å²) in [5.41, 5.74) is 0.814. The molecule has 0 saturated heterocycles. The molecular weight excluding hydrogens is 337 g/mol. The summed E-state index contributed by atoms with van der Waals surface area (Å²) >= 11 is 7.27. The third-order valence-electron chi connectivity index (χ3n) is 3.43. The van der Waals surface area contributed by atoms with Crippen LogP contribution in [0.2, 0.25) is 5.02 Å². The summed E-state index contributed by atoms with van der Waals surface area (Å²) in [4.78, 5) is 12.8. The molecule has 1 N–H and O–H groups in total. The minimum Gasteiger partial charge on any atom is -0.494 e. The average molecular weight is 350 g/mol. The van der Waals surface area contributed by atoms with Gasteiger partial charge in [0.15, 0.2) is 5.75 Å². The topological polar surface area (TPSA) is 38.3 Å². The lowest BCUT2D eigenvalue weighted by Gasteiger charge is -2.07. The molecule has 23 heavy (non-hydrogen) atoms. The zero-order chi connectivity index (χ0) is 16.4. The van der Waals surface area contributed by atoms with Crippen LogP contribution in [0.15, 0.2) is 42.5 Å². The minimum absolute atomic E-state index is 0.264. The number of hydrogen-bond donors (Lipinski definition) is 1. The van der Waals surface area contributed by atoms with E-state index in [1.54, 1.807) is 18.2 Å². The van der Waals surface area contributed by atoms with Crippen LogP contribution < -0.4 is 10.1 Å². The van der Waals surface area contributed by atoms with Crippen LogP contribution in [-0.4, -0.2) is 13.0 Å². The Morgan fingerprint density at radius 2 is 2.04 bits per heavy atom. The predicted molar refractivity (Wildman–Crippen MR) is 91.0 cm³/mol. The quantitative estimate of drug-likeness (QED) is 0.745. The van der Waals surface area contributed by atoms with Crippen molar-refractivity contribution < 1.29 is 13.9 Å². The van der Waals surface area contributed by atoms with Gasteiger partial charge in [-0.25, -0.2) is 4.39 Å². The fourth-order valence-corrected chi connectivity index (χ4v) is 3.63. The maximum atomic E-state index is 14.0. The predicted octanol–water partition coefficient (Wildman–Crippen LogP) is 4.63. The first-order valence-corrected chi connectivity index (χ1v) is 8.08. The number of amides is 1. The van der Waals surface area contributed by atoms with Crippen LogP contribution >= 0.6 is 22.9 Å². The molecule has 0 radical (unpaired) electrons. The summed E-state index contributed by atoms with van der Waals surface area (Å²) in [6, 6.07) is 12.0. The zero-order valence-corrected chi connectivity index (χ0v) is 13.8. The van der Waals surface area contributed by atoms with Gasteiger partial charge in [-0.05, 0) is 23.8 Å². The lowest BCUT2D eigenvalue weighted by Crippen LogP contribution is -2.22. The van der Waals surface area contributed by atoms with Crippen molar-refractivity contribution in [2.45, 2.75) is 6.54 Å². The second-order valence-electron chi connectivity index (χ2n) is 4.85. The molecule has 0 fully saturated rings. The summed E-state index contributed by atoms with van der Waals surface area (Å²) in [7, 11) is 1.43. The largest absolute Gasteiger partial charge is 0.494 e. The molecule has 0 aliphatic heterocycles. The van der Waals surface area contributed by atoms with Crippen LogP contribution in [0, 0.1) is 5.82 Å². The highest BCUT2D eigenvalue weighted by molar-refractivity contribution is 7.21. The molecule has 0 aliphatic rings. The van der Waals surface area contributed by atoms with Crippen LogP contribution in [0.3, 0.4) is 0 Å². The Labute approximate surface area is 141 Å². The van der Waals surface area contributed by atoms with Crippen molar-refractivity contribution in [1.82, 2.24) is 5.32 Å². The van der Waals surface area contributed by atoms with Gasteiger partial charge in [-0.15, -0.1) is 11.3 Å². The Bertz CT molecular complexity index is 878. The van der Waals surface area contributed by atoms with Gasteiger partial charge in [0.05, 0.1) is 12.5 Å². The summed E-state index contributed by atoms with van der Waals surface area (Å²) in [5.74, 6) is -0.456. The first-order chi connectivity index (χ1) is 11.1. The molecule has 0 unspecified atom stereocenters. The number of fused-ring (bicyclic) bond motifs is 1. The number of rotatable bonds is 4. The average Bonchev–Trinajstić information content (AvgIpc) is 2.94. The molecule has 1 heterocycles. The van der Waals surface area contributed by atoms with E-state index >= 15 is 0 Å². The second kappa shape index (κ2) is 6.56. The number of halogens is 2. The Balaban J connectivity index is 1.89. The van der Waals surface area contributed by atoms with Crippen molar-refractivity contribution >= 4 is 38.9 Å². The van der Waals surface area contributed by atoms with Crippen LogP contribution in [0.4, 0.5) is 4.39 Å². The van der Waals surface area contributed by atoms with Crippen LogP contribution in [0.1, 0.15) is 15.2 Å². The number of methoxy groups -OCH3 is 1. The third-order valence-corrected chi connectivity index (χ3v) is 4.93.